The van der Waals surface area contributed by atoms with Crippen LogP contribution in [0.4, 0.5) is 17.6 Å². The summed E-state index contributed by atoms with van der Waals surface area (Å²) in [5.41, 5.74) is 0.721. The summed E-state index contributed by atoms with van der Waals surface area (Å²) in [5.74, 6) is -0.530. The average molecular weight is 284 g/mol. The topological polar surface area (TPSA) is 12.0 Å². The van der Waals surface area contributed by atoms with Crippen LogP contribution >= 0.6 is 11.6 Å². The molecule has 0 fully saturated rings. The molecule has 1 aromatic carbocycles. The molecule has 1 rings (SSSR count). The van der Waals surface area contributed by atoms with E-state index in [1.807, 2.05) is 0 Å². The molecule has 0 amide bonds. The lowest BCUT2D eigenvalue weighted by Crippen LogP contribution is -2.32. The van der Waals surface area contributed by atoms with Crippen molar-refractivity contribution >= 4 is 11.6 Å². The largest absolute Gasteiger partial charge is 0.401 e. The van der Waals surface area contributed by atoms with Crippen LogP contribution in [0.3, 0.4) is 0 Å². The van der Waals surface area contributed by atoms with Crippen molar-refractivity contribution in [2.24, 2.45) is 5.92 Å². The fourth-order valence-corrected chi connectivity index (χ4v) is 1.72. The van der Waals surface area contributed by atoms with Crippen LogP contribution in [0.1, 0.15) is 12.5 Å². The molecule has 0 aliphatic carbocycles. The summed E-state index contributed by atoms with van der Waals surface area (Å²) in [6, 6.07) is 4.43. The average Bonchev–Trinajstić information content (AvgIpc) is 2.21. The summed E-state index contributed by atoms with van der Waals surface area (Å²) in [7, 11) is 0. The minimum Gasteiger partial charge on any atom is -0.308 e. The van der Waals surface area contributed by atoms with Crippen molar-refractivity contribution in [2.45, 2.75) is 19.5 Å². The van der Waals surface area contributed by atoms with Crippen molar-refractivity contribution < 1.29 is 17.6 Å². The molecule has 0 spiro atoms. The van der Waals surface area contributed by atoms with Crippen molar-refractivity contribution in [1.29, 1.82) is 0 Å². The first-order valence-corrected chi connectivity index (χ1v) is 5.87. The lowest BCUT2D eigenvalue weighted by molar-refractivity contribution is -0.125. The Morgan fingerprint density at radius 3 is 2.56 bits per heavy atom. The highest BCUT2D eigenvalue weighted by atomic mass is 35.5. The third-order valence-corrected chi connectivity index (χ3v) is 2.69. The van der Waals surface area contributed by atoms with E-state index in [1.54, 1.807) is 13.0 Å². The molecule has 0 aliphatic heterocycles. The molecule has 0 saturated heterocycles. The minimum absolute atomic E-state index is 0.0204. The molecule has 0 aliphatic rings. The second kappa shape index (κ2) is 6.38. The van der Waals surface area contributed by atoms with Gasteiger partial charge in [-0.3, -0.25) is 0 Å². The van der Waals surface area contributed by atoms with Crippen LogP contribution in [0.2, 0.25) is 5.02 Å². The minimum atomic E-state index is -4.20. The Hall–Kier alpha value is -0.810. The molecule has 6 heteroatoms. The maximum atomic E-state index is 13.1. The zero-order valence-corrected chi connectivity index (χ0v) is 10.6. The van der Waals surface area contributed by atoms with Crippen LogP contribution < -0.4 is 5.32 Å². The second-order valence-corrected chi connectivity index (χ2v) is 4.71. The van der Waals surface area contributed by atoms with Gasteiger partial charge in [0, 0.05) is 0 Å². The van der Waals surface area contributed by atoms with Gasteiger partial charge in [0.25, 0.3) is 0 Å². The van der Waals surface area contributed by atoms with Crippen molar-refractivity contribution in [3.8, 4) is 0 Å². The molecule has 0 radical (unpaired) electrons. The number of alkyl halides is 3. The zero-order chi connectivity index (χ0) is 13.8. The van der Waals surface area contributed by atoms with Crippen molar-refractivity contribution in [3.63, 3.8) is 0 Å². The number of benzene rings is 1. The summed E-state index contributed by atoms with van der Waals surface area (Å²) in [6.07, 6.45) is -3.70. The van der Waals surface area contributed by atoms with Gasteiger partial charge in [-0.2, -0.15) is 13.2 Å². The molecule has 0 aromatic heterocycles. The Bertz CT molecular complexity index is 392. The molecule has 1 nitrogen and oxygen atoms in total. The van der Waals surface area contributed by atoms with E-state index in [1.165, 1.54) is 12.1 Å². The fraction of sp³-hybridized carbons (Fsp3) is 0.500. The van der Waals surface area contributed by atoms with Crippen LogP contribution in [0.15, 0.2) is 18.2 Å². The van der Waals surface area contributed by atoms with E-state index < -0.39 is 18.5 Å². The highest BCUT2D eigenvalue weighted by molar-refractivity contribution is 6.30. The predicted molar refractivity (Wildman–Crippen MR) is 63.2 cm³/mol. The van der Waals surface area contributed by atoms with Crippen LogP contribution in [0.25, 0.3) is 0 Å². The number of rotatable bonds is 5. The van der Waals surface area contributed by atoms with Gasteiger partial charge in [0.05, 0.1) is 11.6 Å². The third-order valence-electron chi connectivity index (χ3n) is 2.39. The van der Waals surface area contributed by atoms with E-state index in [2.05, 4.69) is 5.32 Å². The van der Waals surface area contributed by atoms with Gasteiger partial charge in [-0.15, -0.1) is 0 Å². The first-order valence-electron chi connectivity index (χ1n) is 5.49. The Balaban J connectivity index is 2.40. The van der Waals surface area contributed by atoms with Crippen LogP contribution in [0, 0.1) is 11.7 Å². The monoisotopic (exact) mass is 283 g/mol. The highest BCUT2D eigenvalue weighted by Gasteiger charge is 2.26. The van der Waals surface area contributed by atoms with Gasteiger partial charge in [-0.25, -0.2) is 4.39 Å². The van der Waals surface area contributed by atoms with Gasteiger partial charge in [0.1, 0.15) is 5.82 Å². The van der Waals surface area contributed by atoms with Gasteiger partial charge in [0.15, 0.2) is 0 Å². The molecule has 1 unspecified atom stereocenters. The van der Waals surface area contributed by atoms with E-state index in [9.17, 15) is 17.6 Å². The van der Waals surface area contributed by atoms with Gasteiger partial charge in [0.2, 0.25) is 0 Å². The van der Waals surface area contributed by atoms with Crippen molar-refractivity contribution in [1.82, 2.24) is 5.32 Å². The fourth-order valence-electron chi connectivity index (χ4n) is 1.60. The Morgan fingerprint density at radius 1 is 1.33 bits per heavy atom. The van der Waals surface area contributed by atoms with Crippen molar-refractivity contribution in [2.75, 3.05) is 13.1 Å². The normalized spacial score (nSPS) is 13.7. The van der Waals surface area contributed by atoms with Gasteiger partial charge < -0.3 is 5.32 Å². The summed E-state index contributed by atoms with van der Waals surface area (Å²) in [6.45, 7) is 1.02. The van der Waals surface area contributed by atoms with Gasteiger partial charge in [-0.05, 0) is 36.6 Å². The van der Waals surface area contributed by atoms with Crippen LogP contribution in [-0.4, -0.2) is 19.3 Å². The van der Waals surface area contributed by atoms with Crippen LogP contribution in [0.5, 0.6) is 0 Å². The lowest BCUT2D eigenvalue weighted by atomic mass is 10.0. The summed E-state index contributed by atoms with van der Waals surface area (Å²) in [5, 5.41) is 2.37. The van der Waals surface area contributed by atoms with Crippen molar-refractivity contribution in [3.05, 3.63) is 34.6 Å². The SMILES string of the molecule is CC(CNCC(F)(F)F)Cc1ccc(Cl)c(F)c1. The molecular weight excluding hydrogens is 270 g/mol. The van der Waals surface area contributed by atoms with E-state index in [0.717, 1.165) is 5.56 Å². The maximum absolute atomic E-state index is 13.1. The molecule has 1 atom stereocenters. The maximum Gasteiger partial charge on any atom is 0.401 e. The van der Waals surface area contributed by atoms with E-state index >= 15 is 0 Å². The highest BCUT2D eigenvalue weighted by Crippen LogP contribution is 2.18. The molecule has 1 N–H and O–H groups in total. The number of hydrogen-bond acceptors (Lipinski definition) is 1. The number of hydrogen-bond donors (Lipinski definition) is 1. The Morgan fingerprint density at radius 2 is 2.00 bits per heavy atom. The first kappa shape index (κ1) is 15.2. The predicted octanol–water partition coefficient (Wildman–Crippen LogP) is 3.81. The summed E-state index contributed by atoms with van der Waals surface area (Å²) in [4.78, 5) is 0. The molecule has 18 heavy (non-hydrogen) atoms. The molecular formula is C12H14ClF4N. The number of nitrogens with one attached hydrogen (secondary N) is 1. The quantitative estimate of drug-likeness (QED) is 0.810. The zero-order valence-electron chi connectivity index (χ0n) is 9.82. The Labute approximate surface area is 108 Å². The summed E-state index contributed by atoms with van der Waals surface area (Å²) >= 11 is 5.54. The standard InChI is InChI=1S/C12H14ClF4N/c1-8(6-18-7-12(15,16)17)4-9-2-3-10(13)11(14)5-9/h2-3,5,8,18H,4,6-7H2,1H3. The molecule has 0 heterocycles. The molecule has 1 aromatic rings. The van der Waals surface area contributed by atoms with Crippen LogP contribution in [-0.2, 0) is 6.42 Å². The van der Waals surface area contributed by atoms with Gasteiger partial charge in [-0.1, -0.05) is 24.6 Å². The smallest absolute Gasteiger partial charge is 0.308 e. The van der Waals surface area contributed by atoms with E-state index in [4.69, 9.17) is 11.6 Å². The summed E-state index contributed by atoms with van der Waals surface area (Å²) < 4.78 is 48.9. The first-order chi connectivity index (χ1) is 8.28. The van der Waals surface area contributed by atoms with E-state index in [0.29, 0.717) is 6.42 Å². The molecule has 0 bridgehead atoms. The van der Waals surface area contributed by atoms with Gasteiger partial charge >= 0.3 is 6.18 Å². The Kier molecular flexibility index (Phi) is 5.41. The molecule has 0 saturated carbocycles. The third kappa shape index (κ3) is 5.69. The van der Waals surface area contributed by atoms with E-state index in [-0.39, 0.29) is 17.5 Å². The number of halogens is 5. The molecule has 102 valence electrons. The second-order valence-electron chi connectivity index (χ2n) is 4.30. The lowest BCUT2D eigenvalue weighted by Gasteiger charge is -2.14.